The number of nitrogens with zero attached hydrogens (tertiary/aromatic N) is 4. The van der Waals surface area contributed by atoms with E-state index in [-0.39, 0.29) is 6.10 Å². The second-order valence-electron chi connectivity index (χ2n) is 6.24. The minimum Gasteiger partial charge on any atom is -0.382 e. The van der Waals surface area contributed by atoms with Gasteiger partial charge < -0.3 is 14.0 Å². The van der Waals surface area contributed by atoms with Crippen LogP contribution in [0.1, 0.15) is 17.8 Å². The molecule has 24 heavy (non-hydrogen) atoms. The summed E-state index contributed by atoms with van der Waals surface area (Å²) in [4.78, 5) is 11.1. The molecular formula is C18H26N4O2. The number of hydrogen-bond acceptors (Lipinski definition) is 5. The quantitative estimate of drug-likeness (QED) is 0.689. The van der Waals surface area contributed by atoms with Crippen LogP contribution >= 0.6 is 0 Å². The first-order valence-electron chi connectivity index (χ1n) is 8.47. The first kappa shape index (κ1) is 17.1. The van der Waals surface area contributed by atoms with E-state index in [4.69, 9.17) is 9.47 Å². The number of rotatable bonds is 8. The first-order valence-corrected chi connectivity index (χ1v) is 8.47. The monoisotopic (exact) mass is 330 g/mol. The summed E-state index contributed by atoms with van der Waals surface area (Å²) in [5, 5.41) is 0. The number of aryl methyl sites for hydroxylation is 1. The van der Waals surface area contributed by atoms with Gasteiger partial charge in [-0.1, -0.05) is 0 Å². The third-order valence-corrected chi connectivity index (χ3v) is 4.68. The molecule has 1 fully saturated rings. The first-order chi connectivity index (χ1) is 11.8. The van der Waals surface area contributed by atoms with Crippen molar-refractivity contribution < 1.29 is 9.47 Å². The van der Waals surface area contributed by atoms with Crippen LogP contribution in [0.15, 0.2) is 36.9 Å². The SMILES string of the molecule is COCCO[C@@H]1CCN(Cc2nccn2C)[C@H]1Cc1ccncc1. The van der Waals surface area contributed by atoms with Crippen LogP contribution in [-0.4, -0.2) is 58.4 Å². The van der Waals surface area contributed by atoms with Crippen LogP contribution < -0.4 is 0 Å². The van der Waals surface area contributed by atoms with Gasteiger partial charge in [-0.25, -0.2) is 4.98 Å². The molecule has 0 radical (unpaired) electrons. The molecule has 1 saturated heterocycles. The van der Waals surface area contributed by atoms with E-state index in [0.29, 0.717) is 19.3 Å². The van der Waals surface area contributed by atoms with Gasteiger partial charge in [-0.2, -0.15) is 0 Å². The molecule has 1 aliphatic heterocycles. The van der Waals surface area contributed by atoms with Crippen LogP contribution in [0.2, 0.25) is 0 Å². The standard InChI is InChI=1S/C18H26N4O2/c1-21-10-8-20-18(21)14-22-9-5-17(24-12-11-23-2)16(22)13-15-3-6-19-7-4-15/h3-4,6-8,10,16-17H,5,9,11-14H2,1-2H3/t16-,17+/m0/s1. The topological polar surface area (TPSA) is 52.4 Å². The van der Waals surface area contributed by atoms with Crippen LogP contribution in [0.5, 0.6) is 0 Å². The summed E-state index contributed by atoms with van der Waals surface area (Å²) in [5.41, 5.74) is 1.29. The zero-order valence-electron chi connectivity index (χ0n) is 14.5. The minimum absolute atomic E-state index is 0.230. The Bertz CT molecular complexity index is 616. The van der Waals surface area contributed by atoms with E-state index in [9.17, 15) is 0 Å². The number of likely N-dealkylation sites (tertiary alicyclic amines) is 1. The van der Waals surface area contributed by atoms with E-state index in [1.165, 1.54) is 5.56 Å². The maximum Gasteiger partial charge on any atom is 0.122 e. The molecule has 3 heterocycles. The van der Waals surface area contributed by atoms with Gasteiger partial charge in [0.2, 0.25) is 0 Å². The molecule has 3 rings (SSSR count). The molecule has 0 aliphatic carbocycles. The molecule has 0 bridgehead atoms. The summed E-state index contributed by atoms with van der Waals surface area (Å²) in [7, 11) is 3.75. The van der Waals surface area contributed by atoms with Gasteiger partial charge in [0.15, 0.2) is 0 Å². The number of ether oxygens (including phenoxy) is 2. The Morgan fingerprint density at radius 1 is 1.21 bits per heavy atom. The largest absolute Gasteiger partial charge is 0.382 e. The number of imidazole rings is 1. The van der Waals surface area contributed by atoms with Crippen molar-refractivity contribution in [3.8, 4) is 0 Å². The number of aromatic nitrogens is 3. The van der Waals surface area contributed by atoms with Gasteiger partial charge in [-0.15, -0.1) is 0 Å². The van der Waals surface area contributed by atoms with Crippen molar-refractivity contribution in [2.24, 2.45) is 7.05 Å². The maximum atomic E-state index is 6.10. The van der Waals surface area contributed by atoms with Crippen LogP contribution in [0.4, 0.5) is 0 Å². The van der Waals surface area contributed by atoms with Crippen molar-refractivity contribution >= 4 is 0 Å². The van der Waals surface area contributed by atoms with E-state index in [1.807, 2.05) is 31.8 Å². The fourth-order valence-corrected chi connectivity index (χ4v) is 3.31. The summed E-state index contributed by atoms with van der Waals surface area (Å²) in [6.07, 6.45) is 9.80. The highest BCUT2D eigenvalue weighted by Gasteiger charge is 2.35. The predicted octanol–water partition coefficient (Wildman–Crippen LogP) is 1.66. The van der Waals surface area contributed by atoms with Crippen LogP contribution in [0, 0.1) is 0 Å². The van der Waals surface area contributed by atoms with E-state index in [1.54, 1.807) is 7.11 Å². The van der Waals surface area contributed by atoms with Crippen molar-refractivity contribution in [1.29, 1.82) is 0 Å². The van der Waals surface area contributed by atoms with Gasteiger partial charge in [0, 0.05) is 51.5 Å². The lowest BCUT2D eigenvalue weighted by molar-refractivity contribution is -0.00163. The summed E-state index contributed by atoms with van der Waals surface area (Å²) in [6, 6.07) is 4.52. The summed E-state index contributed by atoms with van der Waals surface area (Å²) < 4.78 is 13.3. The molecule has 6 heteroatoms. The third kappa shape index (κ3) is 4.20. The average molecular weight is 330 g/mol. The Morgan fingerprint density at radius 2 is 2.04 bits per heavy atom. The number of methoxy groups -OCH3 is 1. The van der Waals surface area contributed by atoms with Gasteiger partial charge in [-0.05, 0) is 30.5 Å². The predicted molar refractivity (Wildman–Crippen MR) is 91.6 cm³/mol. The lowest BCUT2D eigenvalue weighted by atomic mass is 10.0. The smallest absolute Gasteiger partial charge is 0.122 e. The Balaban J connectivity index is 1.70. The van der Waals surface area contributed by atoms with Gasteiger partial charge in [0.05, 0.1) is 25.9 Å². The molecule has 2 aromatic heterocycles. The van der Waals surface area contributed by atoms with E-state index in [0.717, 1.165) is 31.8 Å². The molecule has 0 saturated carbocycles. The molecule has 0 unspecified atom stereocenters. The third-order valence-electron chi connectivity index (χ3n) is 4.68. The molecule has 0 aromatic carbocycles. The average Bonchev–Trinajstić information content (AvgIpc) is 3.17. The maximum absolute atomic E-state index is 6.10. The highest BCUT2D eigenvalue weighted by Crippen LogP contribution is 2.26. The molecule has 6 nitrogen and oxygen atoms in total. The van der Waals surface area contributed by atoms with Crippen molar-refractivity contribution in [3.05, 3.63) is 48.3 Å². The number of pyridine rings is 1. The second kappa shape index (κ2) is 8.37. The Kier molecular flexibility index (Phi) is 5.96. The van der Waals surface area contributed by atoms with Gasteiger partial charge in [-0.3, -0.25) is 9.88 Å². The summed E-state index contributed by atoms with van der Waals surface area (Å²) in [5.74, 6) is 1.09. The van der Waals surface area contributed by atoms with Crippen molar-refractivity contribution in [3.63, 3.8) is 0 Å². The Labute approximate surface area is 143 Å². The molecule has 2 atom stereocenters. The zero-order valence-corrected chi connectivity index (χ0v) is 14.5. The molecule has 2 aromatic rings. The molecule has 1 aliphatic rings. The molecular weight excluding hydrogens is 304 g/mol. The highest BCUT2D eigenvalue weighted by molar-refractivity contribution is 5.13. The minimum atomic E-state index is 0.230. The number of hydrogen-bond donors (Lipinski definition) is 0. The van der Waals surface area contributed by atoms with Gasteiger partial charge >= 0.3 is 0 Å². The van der Waals surface area contributed by atoms with E-state index < -0.39 is 0 Å². The van der Waals surface area contributed by atoms with Gasteiger partial charge in [0.25, 0.3) is 0 Å². The van der Waals surface area contributed by atoms with Crippen molar-refractivity contribution in [2.45, 2.75) is 31.5 Å². The van der Waals surface area contributed by atoms with Crippen LogP contribution in [0.25, 0.3) is 0 Å². The fraction of sp³-hybridized carbons (Fsp3) is 0.556. The second-order valence-corrected chi connectivity index (χ2v) is 6.24. The molecule has 0 amide bonds. The van der Waals surface area contributed by atoms with E-state index in [2.05, 4.69) is 31.6 Å². The lowest BCUT2D eigenvalue weighted by Crippen LogP contribution is -2.38. The highest BCUT2D eigenvalue weighted by atomic mass is 16.5. The summed E-state index contributed by atoms with van der Waals surface area (Å²) >= 11 is 0. The lowest BCUT2D eigenvalue weighted by Gasteiger charge is -2.28. The Morgan fingerprint density at radius 3 is 2.75 bits per heavy atom. The molecule has 0 N–H and O–H groups in total. The molecule has 130 valence electrons. The normalized spacial score (nSPS) is 21.4. The van der Waals surface area contributed by atoms with Gasteiger partial charge in [0.1, 0.15) is 5.82 Å². The fourth-order valence-electron chi connectivity index (χ4n) is 3.31. The summed E-state index contributed by atoms with van der Waals surface area (Å²) in [6.45, 7) is 3.16. The zero-order chi connectivity index (χ0) is 16.8. The van der Waals surface area contributed by atoms with Crippen molar-refractivity contribution in [1.82, 2.24) is 19.4 Å². The van der Waals surface area contributed by atoms with E-state index >= 15 is 0 Å². The van der Waals surface area contributed by atoms with Crippen LogP contribution in [0.3, 0.4) is 0 Å². The van der Waals surface area contributed by atoms with Crippen LogP contribution in [-0.2, 0) is 29.5 Å². The molecule has 0 spiro atoms. The Hall–Kier alpha value is -1.76. The van der Waals surface area contributed by atoms with Crippen molar-refractivity contribution in [2.75, 3.05) is 26.9 Å².